The van der Waals surface area contributed by atoms with E-state index in [4.69, 9.17) is 20.8 Å². The molecule has 6 nitrogen and oxygen atoms in total. The Labute approximate surface area is 185 Å². The quantitative estimate of drug-likeness (QED) is 0.408. The minimum Gasteiger partial charge on any atom is -0.485 e. The predicted octanol–water partition coefficient (Wildman–Crippen LogP) is 5.63. The summed E-state index contributed by atoms with van der Waals surface area (Å²) >= 11 is 6.24. The highest BCUT2D eigenvalue weighted by atomic mass is 35.5. The highest BCUT2D eigenvalue weighted by Gasteiger charge is 2.16. The van der Waals surface area contributed by atoms with Crippen molar-refractivity contribution in [1.29, 1.82) is 0 Å². The first kappa shape index (κ1) is 20.8. The summed E-state index contributed by atoms with van der Waals surface area (Å²) in [7, 11) is 0. The van der Waals surface area contributed by atoms with Crippen molar-refractivity contribution in [2.75, 3.05) is 5.32 Å². The number of anilines is 1. The van der Waals surface area contributed by atoms with Crippen molar-refractivity contribution in [2.24, 2.45) is 0 Å². The minimum atomic E-state index is -0.426. The third-order valence-electron chi connectivity index (χ3n) is 4.74. The van der Waals surface area contributed by atoms with E-state index in [0.717, 1.165) is 22.4 Å². The van der Waals surface area contributed by atoms with E-state index in [1.807, 2.05) is 62.4 Å². The van der Waals surface area contributed by atoms with Crippen LogP contribution in [0.5, 0.6) is 5.75 Å². The molecule has 0 saturated carbocycles. The van der Waals surface area contributed by atoms with Gasteiger partial charge in [-0.2, -0.15) is 5.10 Å². The van der Waals surface area contributed by atoms with Crippen LogP contribution in [-0.4, -0.2) is 15.7 Å². The van der Waals surface area contributed by atoms with Gasteiger partial charge in [-0.15, -0.1) is 0 Å². The number of carbonyl (C=O) groups excluding carboxylic acids is 1. The fourth-order valence-electron chi connectivity index (χ4n) is 3.09. The normalized spacial score (nSPS) is 10.8. The second-order valence-corrected chi connectivity index (χ2v) is 7.69. The number of aromatic nitrogens is 2. The third-order valence-corrected chi connectivity index (χ3v) is 5.01. The van der Waals surface area contributed by atoms with Crippen LogP contribution in [0.25, 0.3) is 0 Å². The molecular formula is C24H22ClN3O3. The number of nitrogens with zero attached hydrogens (tertiary/aromatic N) is 2. The second kappa shape index (κ2) is 9.10. The van der Waals surface area contributed by atoms with Crippen molar-refractivity contribution < 1.29 is 13.9 Å². The highest BCUT2D eigenvalue weighted by Crippen LogP contribution is 2.23. The van der Waals surface area contributed by atoms with E-state index in [1.54, 1.807) is 23.0 Å². The standard InChI is InChI=1S/C24H22ClN3O3/c1-16-8-9-17(2)22(12-16)30-15-19-10-11-21(31-19)24(29)26-23-20(25)14-28(27-23)13-18-6-4-3-5-7-18/h3-12,14H,13,15H2,1-2H3,(H,26,27,29). The summed E-state index contributed by atoms with van der Waals surface area (Å²) in [6.45, 7) is 4.77. The molecule has 1 amide bonds. The first-order valence-electron chi connectivity index (χ1n) is 9.85. The van der Waals surface area contributed by atoms with Crippen molar-refractivity contribution in [3.8, 4) is 5.75 Å². The molecule has 2 aromatic carbocycles. The van der Waals surface area contributed by atoms with Crippen LogP contribution >= 0.6 is 11.6 Å². The smallest absolute Gasteiger partial charge is 0.292 e. The number of ether oxygens (including phenoxy) is 1. The van der Waals surface area contributed by atoms with Crippen LogP contribution in [0, 0.1) is 13.8 Å². The Hall–Kier alpha value is -3.51. The molecule has 7 heteroatoms. The van der Waals surface area contributed by atoms with Gasteiger partial charge in [0.1, 0.15) is 23.1 Å². The van der Waals surface area contributed by atoms with E-state index in [-0.39, 0.29) is 18.2 Å². The monoisotopic (exact) mass is 435 g/mol. The topological polar surface area (TPSA) is 69.3 Å². The van der Waals surface area contributed by atoms with E-state index in [0.29, 0.717) is 17.3 Å². The highest BCUT2D eigenvalue weighted by molar-refractivity contribution is 6.33. The maximum atomic E-state index is 12.6. The van der Waals surface area contributed by atoms with Crippen molar-refractivity contribution in [3.05, 3.63) is 100 Å². The van der Waals surface area contributed by atoms with E-state index in [9.17, 15) is 4.79 Å². The molecule has 0 spiro atoms. The van der Waals surface area contributed by atoms with Crippen LogP contribution in [0.3, 0.4) is 0 Å². The minimum absolute atomic E-state index is 0.160. The number of aryl methyl sites for hydroxylation is 2. The van der Waals surface area contributed by atoms with Gasteiger partial charge < -0.3 is 14.5 Å². The van der Waals surface area contributed by atoms with Gasteiger partial charge in [-0.1, -0.05) is 54.1 Å². The Morgan fingerprint density at radius 2 is 1.94 bits per heavy atom. The molecule has 0 aliphatic carbocycles. The van der Waals surface area contributed by atoms with E-state index >= 15 is 0 Å². The lowest BCUT2D eigenvalue weighted by atomic mass is 10.1. The summed E-state index contributed by atoms with van der Waals surface area (Å²) in [6, 6.07) is 19.2. The Kier molecular flexibility index (Phi) is 6.09. The first-order chi connectivity index (χ1) is 15.0. The third kappa shape index (κ3) is 5.16. The zero-order chi connectivity index (χ0) is 21.8. The Morgan fingerprint density at radius 3 is 2.74 bits per heavy atom. The summed E-state index contributed by atoms with van der Waals surface area (Å²) < 4.78 is 13.1. The van der Waals surface area contributed by atoms with Gasteiger partial charge in [-0.25, -0.2) is 0 Å². The average molecular weight is 436 g/mol. The van der Waals surface area contributed by atoms with Gasteiger partial charge in [0, 0.05) is 6.20 Å². The molecule has 0 saturated heterocycles. The molecule has 2 aromatic heterocycles. The fourth-order valence-corrected chi connectivity index (χ4v) is 3.29. The van der Waals surface area contributed by atoms with Crippen LogP contribution in [0.1, 0.15) is 33.0 Å². The molecule has 0 bridgehead atoms. The zero-order valence-corrected chi connectivity index (χ0v) is 18.0. The second-order valence-electron chi connectivity index (χ2n) is 7.29. The number of hydrogen-bond acceptors (Lipinski definition) is 4. The molecule has 0 aliphatic rings. The van der Waals surface area contributed by atoms with Crippen LogP contribution in [0.2, 0.25) is 5.02 Å². The summed E-state index contributed by atoms with van der Waals surface area (Å²) in [4.78, 5) is 12.6. The molecule has 0 fully saturated rings. The molecule has 4 aromatic rings. The van der Waals surface area contributed by atoms with Crippen LogP contribution in [-0.2, 0) is 13.2 Å². The molecule has 158 valence electrons. The molecule has 0 aliphatic heterocycles. The van der Waals surface area contributed by atoms with Crippen molar-refractivity contribution in [3.63, 3.8) is 0 Å². The number of benzene rings is 2. The van der Waals surface area contributed by atoms with Gasteiger partial charge in [0.2, 0.25) is 0 Å². The van der Waals surface area contributed by atoms with Crippen molar-refractivity contribution in [1.82, 2.24) is 9.78 Å². The first-order valence-corrected chi connectivity index (χ1v) is 10.2. The SMILES string of the molecule is Cc1ccc(C)c(OCc2ccc(C(=O)Nc3nn(Cc4ccccc4)cc3Cl)o2)c1. The maximum absolute atomic E-state index is 12.6. The number of amides is 1. The number of nitrogens with one attached hydrogen (secondary N) is 1. The number of rotatable bonds is 7. The van der Waals surface area contributed by atoms with Crippen molar-refractivity contribution >= 4 is 23.3 Å². The largest absolute Gasteiger partial charge is 0.485 e. The van der Waals surface area contributed by atoms with Crippen LogP contribution in [0.15, 0.2) is 71.3 Å². The number of hydrogen-bond donors (Lipinski definition) is 1. The van der Waals surface area contributed by atoms with Gasteiger partial charge in [0.15, 0.2) is 11.6 Å². The number of carbonyl (C=O) groups is 1. The lowest BCUT2D eigenvalue weighted by molar-refractivity contribution is 0.0992. The van der Waals surface area contributed by atoms with Gasteiger partial charge >= 0.3 is 0 Å². The molecule has 4 rings (SSSR count). The predicted molar refractivity (Wildman–Crippen MR) is 120 cm³/mol. The Bertz CT molecular complexity index is 1200. The summed E-state index contributed by atoms with van der Waals surface area (Å²) in [5, 5.41) is 7.41. The van der Waals surface area contributed by atoms with Crippen LogP contribution in [0.4, 0.5) is 5.82 Å². The van der Waals surface area contributed by atoms with E-state index in [1.165, 1.54) is 0 Å². The van der Waals surface area contributed by atoms with Gasteiger partial charge in [-0.3, -0.25) is 9.48 Å². The Morgan fingerprint density at radius 1 is 1.13 bits per heavy atom. The molecule has 1 N–H and O–H groups in total. The summed E-state index contributed by atoms with van der Waals surface area (Å²) in [5.41, 5.74) is 3.23. The van der Waals surface area contributed by atoms with Gasteiger partial charge in [-0.05, 0) is 48.7 Å². The molecule has 2 heterocycles. The number of halogens is 1. The molecule has 0 radical (unpaired) electrons. The van der Waals surface area contributed by atoms with Crippen LogP contribution < -0.4 is 10.1 Å². The maximum Gasteiger partial charge on any atom is 0.292 e. The number of furan rings is 1. The Balaban J connectivity index is 1.38. The fraction of sp³-hybridized carbons (Fsp3) is 0.167. The average Bonchev–Trinajstić information content (AvgIpc) is 3.36. The lowest BCUT2D eigenvalue weighted by Gasteiger charge is -2.08. The summed E-state index contributed by atoms with van der Waals surface area (Å²) in [5.74, 6) is 1.36. The molecule has 0 unspecified atom stereocenters. The molecule has 0 atom stereocenters. The van der Waals surface area contributed by atoms with E-state index in [2.05, 4.69) is 10.4 Å². The molecular weight excluding hydrogens is 414 g/mol. The molecule has 31 heavy (non-hydrogen) atoms. The van der Waals surface area contributed by atoms with Gasteiger partial charge in [0.05, 0.1) is 6.54 Å². The lowest BCUT2D eigenvalue weighted by Crippen LogP contribution is -2.12. The van der Waals surface area contributed by atoms with Crippen molar-refractivity contribution in [2.45, 2.75) is 27.0 Å². The van der Waals surface area contributed by atoms with Gasteiger partial charge in [0.25, 0.3) is 5.91 Å². The summed E-state index contributed by atoms with van der Waals surface area (Å²) in [6.07, 6.45) is 1.68. The van der Waals surface area contributed by atoms with E-state index < -0.39 is 5.91 Å². The zero-order valence-electron chi connectivity index (χ0n) is 17.3.